The van der Waals surface area contributed by atoms with E-state index in [4.69, 9.17) is 21.3 Å². The van der Waals surface area contributed by atoms with E-state index in [0.29, 0.717) is 53.8 Å². The van der Waals surface area contributed by atoms with E-state index < -0.39 is 12.1 Å². The van der Waals surface area contributed by atoms with Crippen molar-refractivity contribution in [3.8, 4) is 5.75 Å². The molecule has 0 unspecified atom stereocenters. The van der Waals surface area contributed by atoms with Crippen LogP contribution in [0.4, 0.5) is 10.1 Å². The Morgan fingerprint density at radius 2 is 1.93 bits per heavy atom. The Hall–Kier alpha value is -3.73. The second-order valence-electron chi connectivity index (χ2n) is 11.4. The zero-order valence-corrected chi connectivity index (χ0v) is 25.0. The third kappa shape index (κ3) is 5.79. The number of fused-ring (bicyclic) bond motifs is 2. The molecule has 4 aromatic rings. The number of likely N-dealkylation sites (N-methyl/N-ethyl adjacent to an activating group) is 1. The number of ether oxygens (including phenoxy) is 1. The number of benzene rings is 2. The lowest BCUT2D eigenvalue weighted by atomic mass is 9.87. The normalized spacial score (nSPS) is 18.4. The van der Waals surface area contributed by atoms with Gasteiger partial charge in [0.15, 0.2) is 11.3 Å². The van der Waals surface area contributed by atoms with Crippen molar-refractivity contribution in [3.05, 3.63) is 82.0 Å². The van der Waals surface area contributed by atoms with Gasteiger partial charge < -0.3 is 24.4 Å². The van der Waals surface area contributed by atoms with Crippen LogP contribution in [0.1, 0.15) is 65.6 Å². The SMILES string of the molecule is CC[C@H](O)Cn1c(CN2CCC(c3cccc4c3N(C)[C@H](c3ccc(Cl)cc3F)CO4)CC2)nc2ccc(C(=O)O)nc21. The van der Waals surface area contributed by atoms with Crippen molar-refractivity contribution in [2.75, 3.05) is 31.6 Å². The fraction of sp³-hybridized carbons (Fsp3) is 0.406. The monoisotopic (exact) mass is 607 g/mol. The van der Waals surface area contributed by atoms with Crippen molar-refractivity contribution in [3.63, 3.8) is 0 Å². The summed E-state index contributed by atoms with van der Waals surface area (Å²) in [5, 5.41) is 20.3. The van der Waals surface area contributed by atoms with Gasteiger partial charge in [0.25, 0.3) is 0 Å². The Bertz CT molecular complexity index is 1650. The molecule has 226 valence electrons. The molecule has 6 rings (SSSR count). The van der Waals surface area contributed by atoms with Gasteiger partial charge in [-0.1, -0.05) is 36.7 Å². The van der Waals surface area contributed by atoms with Gasteiger partial charge in [0.1, 0.15) is 29.5 Å². The molecule has 0 radical (unpaired) electrons. The number of halogens is 2. The first-order valence-electron chi connectivity index (χ1n) is 14.7. The summed E-state index contributed by atoms with van der Waals surface area (Å²) in [6.45, 7) is 4.79. The molecule has 0 saturated carbocycles. The molecule has 11 heteroatoms. The number of piperidine rings is 1. The lowest BCUT2D eigenvalue weighted by Gasteiger charge is -2.40. The van der Waals surface area contributed by atoms with E-state index in [1.807, 2.05) is 30.7 Å². The number of carboxylic acid groups (broad SMARTS) is 1. The van der Waals surface area contributed by atoms with Crippen LogP contribution in [0.15, 0.2) is 48.5 Å². The van der Waals surface area contributed by atoms with E-state index in [2.05, 4.69) is 20.9 Å². The second kappa shape index (κ2) is 12.1. The van der Waals surface area contributed by atoms with Crippen molar-refractivity contribution in [1.29, 1.82) is 0 Å². The van der Waals surface area contributed by atoms with Crippen LogP contribution >= 0.6 is 11.6 Å². The molecule has 0 amide bonds. The maximum Gasteiger partial charge on any atom is 0.354 e. The number of pyridine rings is 1. The minimum Gasteiger partial charge on any atom is -0.489 e. The summed E-state index contributed by atoms with van der Waals surface area (Å²) >= 11 is 6.01. The summed E-state index contributed by atoms with van der Waals surface area (Å²) in [4.78, 5) is 25.1. The molecule has 4 heterocycles. The van der Waals surface area contributed by atoms with E-state index in [1.54, 1.807) is 18.2 Å². The van der Waals surface area contributed by atoms with Gasteiger partial charge in [-0.25, -0.2) is 19.2 Å². The van der Waals surface area contributed by atoms with Crippen LogP contribution in [-0.2, 0) is 13.1 Å². The Balaban J connectivity index is 1.21. The van der Waals surface area contributed by atoms with Crippen molar-refractivity contribution >= 4 is 34.4 Å². The first kappa shape index (κ1) is 29.3. The molecule has 2 aromatic heterocycles. The van der Waals surface area contributed by atoms with Crippen molar-refractivity contribution in [2.45, 2.75) is 57.3 Å². The lowest BCUT2D eigenvalue weighted by Crippen LogP contribution is -2.37. The molecule has 2 N–H and O–H groups in total. The quantitative estimate of drug-likeness (QED) is 0.265. The van der Waals surface area contributed by atoms with Crippen LogP contribution in [0.2, 0.25) is 5.02 Å². The number of carboxylic acids is 1. The van der Waals surface area contributed by atoms with E-state index in [-0.39, 0.29) is 17.6 Å². The van der Waals surface area contributed by atoms with Gasteiger partial charge in [0.05, 0.1) is 30.9 Å². The summed E-state index contributed by atoms with van der Waals surface area (Å²) in [5.74, 6) is 0.428. The predicted molar refractivity (Wildman–Crippen MR) is 163 cm³/mol. The number of carbonyl (C=O) groups is 1. The van der Waals surface area contributed by atoms with Gasteiger partial charge in [-0.3, -0.25) is 4.90 Å². The number of rotatable bonds is 8. The van der Waals surface area contributed by atoms with Gasteiger partial charge >= 0.3 is 5.97 Å². The molecule has 1 saturated heterocycles. The molecule has 0 bridgehead atoms. The first-order chi connectivity index (χ1) is 20.7. The number of imidazole rings is 1. The van der Waals surface area contributed by atoms with Crippen LogP contribution in [0, 0.1) is 5.82 Å². The number of aliphatic hydroxyl groups excluding tert-OH is 1. The van der Waals surface area contributed by atoms with Gasteiger partial charge in [-0.15, -0.1) is 0 Å². The van der Waals surface area contributed by atoms with Crippen LogP contribution in [0.5, 0.6) is 5.75 Å². The molecule has 43 heavy (non-hydrogen) atoms. The first-order valence-corrected chi connectivity index (χ1v) is 15.0. The number of anilines is 1. The third-order valence-corrected chi connectivity index (χ3v) is 8.95. The van der Waals surface area contributed by atoms with Gasteiger partial charge in [0, 0.05) is 17.6 Å². The highest BCUT2D eigenvalue weighted by Crippen LogP contribution is 2.46. The maximum absolute atomic E-state index is 14.9. The molecule has 2 aliphatic rings. The van der Waals surface area contributed by atoms with E-state index in [0.717, 1.165) is 43.2 Å². The number of hydrogen-bond donors (Lipinski definition) is 2. The zero-order valence-electron chi connectivity index (χ0n) is 24.2. The molecule has 9 nitrogen and oxygen atoms in total. The minimum atomic E-state index is -1.10. The third-order valence-electron chi connectivity index (χ3n) is 8.72. The summed E-state index contributed by atoms with van der Waals surface area (Å²) in [5.41, 5.74) is 3.80. The average Bonchev–Trinajstić information content (AvgIpc) is 3.33. The molecule has 0 spiro atoms. The number of aliphatic hydroxyl groups is 1. The van der Waals surface area contributed by atoms with Crippen molar-refractivity contribution in [2.24, 2.45) is 0 Å². The number of aromatic nitrogens is 3. The maximum atomic E-state index is 14.9. The van der Waals surface area contributed by atoms with Gasteiger partial charge in [-0.05, 0) is 74.2 Å². The standard InChI is InChI=1S/C32H35ClFN5O4/c1-3-21(40)16-39-29(35-25-9-10-26(32(41)42)36-31(25)39)17-38-13-11-19(12-14-38)22-5-4-6-28-30(22)37(2)27(18-43-28)23-8-7-20(33)15-24(23)34/h4-10,15,19,21,27,40H,3,11-14,16-18H2,1-2H3,(H,41,42)/t21-,27-/m0/s1. The molecular weight excluding hydrogens is 573 g/mol. The molecule has 0 aliphatic carbocycles. The van der Waals surface area contributed by atoms with E-state index >= 15 is 0 Å². The molecular formula is C32H35ClFN5O4. The smallest absolute Gasteiger partial charge is 0.354 e. The predicted octanol–water partition coefficient (Wildman–Crippen LogP) is 5.64. The number of hydrogen-bond acceptors (Lipinski definition) is 7. The fourth-order valence-corrected chi connectivity index (χ4v) is 6.45. The van der Waals surface area contributed by atoms with Crippen LogP contribution in [0.25, 0.3) is 11.2 Å². The summed E-state index contributed by atoms with van der Waals surface area (Å²) in [6.07, 6.45) is 1.81. The lowest BCUT2D eigenvalue weighted by molar-refractivity contribution is 0.0691. The summed E-state index contributed by atoms with van der Waals surface area (Å²) < 4.78 is 22.9. The number of para-hydroxylation sites is 1. The molecule has 2 aliphatic heterocycles. The van der Waals surface area contributed by atoms with Crippen LogP contribution in [-0.4, -0.2) is 68.5 Å². The molecule has 2 atom stereocenters. The average molecular weight is 608 g/mol. The molecule has 1 fully saturated rings. The van der Waals surface area contributed by atoms with E-state index in [1.165, 1.54) is 17.7 Å². The topological polar surface area (TPSA) is 104 Å². The van der Waals surface area contributed by atoms with Crippen LogP contribution < -0.4 is 9.64 Å². The number of aromatic carboxylic acids is 1. The van der Waals surface area contributed by atoms with Crippen LogP contribution in [0.3, 0.4) is 0 Å². The Morgan fingerprint density at radius 1 is 1.14 bits per heavy atom. The molecule has 2 aromatic carbocycles. The minimum absolute atomic E-state index is 0.0480. The Kier molecular flexibility index (Phi) is 8.26. The Morgan fingerprint density at radius 3 is 2.65 bits per heavy atom. The largest absolute Gasteiger partial charge is 0.489 e. The highest BCUT2D eigenvalue weighted by atomic mass is 35.5. The number of likely N-dealkylation sites (tertiary alicyclic amines) is 1. The van der Waals surface area contributed by atoms with Gasteiger partial charge in [-0.2, -0.15) is 0 Å². The number of nitrogens with zero attached hydrogens (tertiary/aromatic N) is 5. The van der Waals surface area contributed by atoms with Crippen molar-refractivity contribution in [1.82, 2.24) is 19.4 Å². The Labute approximate surface area is 254 Å². The van der Waals surface area contributed by atoms with Crippen molar-refractivity contribution < 1.29 is 24.1 Å². The van der Waals surface area contributed by atoms with Gasteiger partial charge in [0.2, 0.25) is 0 Å². The fourth-order valence-electron chi connectivity index (χ4n) is 6.29. The van der Waals surface area contributed by atoms with E-state index in [9.17, 15) is 19.4 Å². The zero-order chi connectivity index (χ0) is 30.2. The second-order valence-corrected chi connectivity index (χ2v) is 11.8. The summed E-state index contributed by atoms with van der Waals surface area (Å²) in [7, 11) is 2.00. The summed E-state index contributed by atoms with van der Waals surface area (Å²) in [6, 6.07) is 13.8. The highest BCUT2D eigenvalue weighted by molar-refractivity contribution is 6.30. The highest BCUT2D eigenvalue weighted by Gasteiger charge is 2.33.